The number of ketones is 1. The molecule has 0 bridgehead atoms. The summed E-state index contributed by atoms with van der Waals surface area (Å²) in [5, 5.41) is 2.84. The highest BCUT2D eigenvalue weighted by Crippen LogP contribution is 2.16. The maximum Gasteiger partial charge on any atom is 0.176 e. The van der Waals surface area contributed by atoms with E-state index in [0.29, 0.717) is 6.54 Å². The smallest absolute Gasteiger partial charge is 0.176 e. The molecule has 1 N–H and O–H groups in total. The third-order valence-electron chi connectivity index (χ3n) is 2.39. The molecule has 0 aromatic heterocycles. The van der Waals surface area contributed by atoms with Gasteiger partial charge in [-0.15, -0.1) is 0 Å². The van der Waals surface area contributed by atoms with Crippen molar-refractivity contribution in [2.45, 2.75) is 13.0 Å². The summed E-state index contributed by atoms with van der Waals surface area (Å²) < 4.78 is 5.19. The molecular formula is C12H17NO2. The van der Waals surface area contributed by atoms with E-state index in [2.05, 4.69) is 5.32 Å². The summed E-state index contributed by atoms with van der Waals surface area (Å²) in [5.74, 6) is 0.106. The Hall–Kier alpha value is -1.19. The van der Waals surface area contributed by atoms with Crippen LogP contribution in [0.5, 0.6) is 0 Å². The maximum absolute atomic E-state index is 11.5. The highest BCUT2D eigenvalue weighted by atomic mass is 16.5. The van der Waals surface area contributed by atoms with Gasteiger partial charge in [0.1, 0.15) is 0 Å². The van der Waals surface area contributed by atoms with Gasteiger partial charge in [0.15, 0.2) is 5.78 Å². The number of methoxy groups -OCH3 is 1. The number of Topliss-reactive ketones (excluding diaryl/α,β-unsaturated/α-hetero) is 1. The Labute approximate surface area is 90.4 Å². The van der Waals surface area contributed by atoms with Crippen molar-refractivity contribution in [3.8, 4) is 0 Å². The van der Waals surface area contributed by atoms with E-state index in [1.165, 1.54) is 0 Å². The Morgan fingerprint density at radius 1 is 1.40 bits per heavy atom. The number of rotatable bonds is 5. The van der Waals surface area contributed by atoms with Crippen LogP contribution < -0.4 is 5.32 Å². The number of likely N-dealkylation sites (N-methyl/N-ethyl adjacent to an activating group) is 1. The van der Waals surface area contributed by atoms with Crippen LogP contribution in [0.3, 0.4) is 0 Å². The first-order chi connectivity index (χ1) is 7.19. The fourth-order valence-corrected chi connectivity index (χ4v) is 1.34. The van der Waals surface area contributed by atoms with Gasteiger partial charge in [0.2, 0.25) is 0 Å². The molecule has 3 nitrogen and oxygen atoms in total. The number of benzene rings is 1. The van der Waals surface area contributed by atoms with Gasteiger partial charge >= 0.3 is 0 Å². The van der Waals surface area contributed by atoms with Crippen LogP contribution in [0.4, 0.5) is 0 Å². The van der Waals surface area contributed by atoms with Gasteiger partial charge in [0.05, 0.1) is 12.6 Å². The number of hydrogen-bond acceptors (Lipinski definition) is 3. The third-order valence-corrected chi connectivity index (χ3v) is 2.39. The van der Waals surface area contributed by atoms with Crippen molar-refractivity contribution in [3.63, 3.8) is 0 Å². The van der Waals surface area contributed by atoms with Crippen LogP contribution in [-0.4, -0.2) is 26.5 Å². The summed E-state index contributed by atoms with van der Waals surface area (Å²) in [4.78, 5) is 11.5. The lowest BCUT2D eigenvalue weighted by Crippen LogP contribution is -2.18. The van der Waals surface area contributed by atoms with Crippen LogP contribution in [0.25, 0.3) is 0 Å². The Bertz CT molecular complexity index is 319. The first-order valence-corrected chi connectivity index (χ1v) is 4.99. The number of carbonyl (C=O) groups is 1. The minimum atomic E-state index is 0.0680. The van der Waals surface area contributed by atoms with E-state index in [-0.39, 0.29) is 11.9 Å². The lowest BCUT2D eigenvalue weighted by atomic mass is 10.1. The average Bonchev–Trinajstić information content (AvgIpc) is 2.28. The molecule has 15 heavy (non-hydrogen) atoms. The summed E-state index contributed by atoms with van der Waals surface area (Å²) in [7, 11) is 3.43. The largest absolute Gasteiger partial charge is 0.377 e. The van der Waals surface area contributed by atoms with Crippen LogP contribution >= 0.6 is 0 Å². The summed E-state index contributed by atoms with van der Waals surface area (Å²) in [6.45, 7) is 2.35. The highest BCUT2D eigenvalue weighted by Gasteiger charge is 2.06. The van der Waals surface area contributed by atoms with Gasteiger partial charge in [-0.3, -0.25) is 4.79 Å². The number of carbonyl (C=O) groups excluding carboxylic acids is 1. The predicted octanol–water partition coefficient (Wildman–Crippen LogP) is 1.80. The van der Waals surface area contributed by atoms with Crippen molar-refractivity contribution in [1.82, 2.24) is 5.32 Å². The molecule has 1 atom stereocenters. The second kappa shape index (κ2) is 5.63. The first kappa shape index (κ1) is 11.9. The fourth-order valence-electron chi connectivity index (χ4n) is 1.34. The molecule has 0 aliphatic heterocycles. The van der Waals surface area contributed by atoms with Crippen molar-refractivity contribution in [2.24, 2.45) is 0 Å². The summed E-state index contributed by atoms with van der Waals surface area (Å²) in [6, 6.07) is 7.53. The number of ether oxygens (including phenoxy) is 1. The molecule has 0 aliphatic rings. The molecule has 0 spiro atoms. The molecule has 0 saturated heterocycles. The monoisotopic (exact) mass is 207 g/mol. The molecule has 82 valence electrons. The molecule has 0 amide bonds. The second-order valence-corrected chi connectivity index (χ2v) is 3.45. The molecule has 0 fully saturated rings. The Morgan fingerprint density at radius 2 is 2.00 bits per heavy atom. The van der Waals surface area contributed by atoms with Crippen molar-refractivity contribution < 1.29 is 9.53 Å². The zero-order valence-corrected chi connectivity index (χ0v) is 9.41. The molecule has 3 heteroatoms. The van der Waals surface area contributed by atoms with Gasteiger partial charge in [0.25, 0.3) is 0 Å². The highest BCUT2D eigenvalue weighted by molar-refractivity contribution is 5.97. The SMILES string of the molecule is CNCC(=O)c1ccc(C(C)OC)cc1. The van der Waals surface area contributed by atoms with E-state index >= 15 is 0 Å². The van der Waals surface area contributed by atoms with E-state index in [9.17, 15) is 4.79 Å². The van der Waals surface area contributed by atoms with E-state index in [1.54, 1.807) is 14.2 Å². The molecule has 0 saturated carbocycles. The van der Waals surface area contributed by atoms with Gasteiger partial charge in [-0.05, 0) is 19.5 Å². The van der Waals surface area contributed by atoms with Crippen LogP contribution in [0.2, 0.25) is 0 Å². The van der Waals surface area contributed by atoms with E-state index < -0.39 is 0 Å². The minimum absolute atomic E-state index is 0.0680. The van der Waals surface area contributed by atoms with Crippen molar-refractivity contribution >= 4 is 5.78 Å². The van der Waals surface area contributed by atoms with Crippen LogP contribution in [0, 0.1) is 0 Å². The van der Waals surface area contributed by atoms with Crippen LogP contribution in [0.1, 0.15) is 28.9 Å². The minimum Gasteiger partial charge on any atom is -0.377 e. The molecular weight excluding hydrogens is 190 g/mol. The lowest BCUT2D eigenvalue weighted by molar-refractivity contribution is 0.0993. The van der Waals surface area contributed by atoms with Gasteiger partial charge in [0, 0.05) is 12.7 Å². The topological polar surface area (TPSA) is 38.3 Å². The van der Waals surface area contributed by atoms with Gasteiger partial charge in [-0.25, -0.2) is 0 Å². The maximum atomic E-state index is 11.5. The molecule has 0 radical (unpaired) electrons. The lowest BCUT2D eigenvalue weighted by Gasteiger charge is -2.09. The van der Waals surface area contributed by atoms with E-state index in [1.807, 2.05) is 31.2 Å². The summed E-state index contributed by atoms with van der Waals surface area (Å²) in [6.07, 6.45) is 0.0680. The summed E-state index contributed by atoms with van der Waals surface area (Å²) >= 11 is 0. The fraction of sp³-hybridized carbons (Fsp3) is 0.417. The van der Waals surface area contributed by atoms with Crippen molar-refractivity contribution in [2.75, 3.05) is 20.7 Å². The number of nitrogens with one attached hydrogen (secondary N) is 1. The van der Waals surface area contributed by atoms with Crippen molar-refractivity contribution in [3.05, 3.63) is 35.4 Å². The molecule has 1 unspecified atom stereocenters. The van der Waals surface area contributed by atoms with Gasteiger partial charge in [-0.2, -0.15) is 0 Å². The molecule has 1 aromatic rings. The number of hydrogen-bond donors (Lipinski definition) is 1. The standard InChI is InChI=1S/C12H17NO2/c1-9(15-3)10-4-6-11(7-5-10)12(14)8-13-2/h4-7,9,13H,8H2,1-3H3. The first-order valence-electron chi connectivity index (χ1n) is 4.99. The van der Waals surface area contributed by atoms with Crippen LogP contribution in [-0.2, 0) is 4.74 Å². The zero-order valence-electron chi connectivity index (χ0n) is 9.41. The normalized spacial score (nSPS) is 12.5. The molecule has 1 aromatic carbocycles. The average molecular weight is 207 g/mol. The third kappa shape index (κ3) is 3.15. The van der Waals surface area contributed by atoms with Crippen molar-refractivity contribution in [1.29, 1.82) is 0 Å². The van der Waals surface area contributed by atoms with Crippen LogP contribution in [0.15, 0.2) is 24.3 Å². The summed E-state index contributed by atoms with van der Waals surface area (Å²) in [5.41, 5.74) is 1.81. The second-order valence-electron chi connectivity index (χ2n) is 3.45. The van der Waals surface area contributed by atoms with E-state index in [4.69, 9.17) is 4.74 Å². The molecule has 1 rings (SSSR count). The molecule has 0 aliphatic carbocycles. The zero-order chi connectivity index (χ0) is 11.3. The predicted molar refractivity (Wildman–Crippen MR) is 60.1 cm³/mol. The quantitative estimate of drug-likeness (QED) is 0.748. The van der Waals surface area contributed by atoms with E-state index in [0.717, 1.165) is 11.1 Å². The Morgan fingerprint density at radius 3 is 2.47 bits per heavy atom. The Kier molecular flexibility index (Phi) is 4.46. The van der Waals surface area contributed by atoms with Gasteiger partial charge < -0.3 is 10.1 Å². The Balaban J connectivity index is 2.76. The molecule has 0 heterocycles. The van der Waals surface area contributed by atoms with Gasteiger partial charge in [-0.1, -0.05) is 24.3 Å².